The van der Waals surface area contributed by atoms with Crippen molar-refractivity contribution >= 4 is 35.0 Å². The van der Waals surface area contributed by atoms with E-state index in [-0.39, 0.29) is 59.9 Å². The summed E-state index contributed by atoms with van der Waals surface area (Å²) >= 11 is 1.50. The van der Waals surface area contributed by atoms with Gasteiger partial charge in [0.2, 0.25) is 23.6 Å². The number of nitrogens with one attached hydrogen (secondary N) is 2. The zero-order valence-electron chi connectivity index (χ0n) is 38.1. The van der Waals surface area contributed by atoms with Crippen LogP contribution >= 0.6 is 11.3 Å². The first kappa shape index (κ1) is 50.9. The summed E-state index contributed by atoms with van der Waals surface area (Å²) in [6, 6.07) is 7.63. The van der Waals surface area contributed by atoms with Crippen molar-refractivity contribution in [3.8, 4) is 0 Å². The van der Waals surface area contributed by atoms with Crippen molar-refractivity contribution in [1.29, 1.82) is 0 Å². The lowest BCUT2D eigenvalue weighted by Crippen LogP contribution is -2.60. The molecule has 3 rings (SSSR count). The van der Waals surface area contributed by atoms with Gasteiger partial charge in [0.15, 0.2) is 0 Å². The van der Waals surface area contributed by atoms with E-state index in [0.29, 0.717) is 45.7 Å². The van der Waals surface area contributed by atoms with E-state index in [1.165, 1.54) is 11.3 Å². The van der Waals surface area contributed by atoms with E-state index in [0.717, 1.165) is 23.4 Å². The van der Waals surface area contributed by atoms with Crippen LogP contribution in [0.25, 0.3) is 0 Å². The van der Waals surface area contributed by atoms with Crippen LogP contribution in [0.3, 0.4) is 0 Å². The third-order valence-electron chi connectivity index (χ3n) is 12.1. The molecule has 1 saturated heterocycles. The maximum absolute atomic E-state index is 14.5. The summed E-state index contributed by atoms with van der Waals surface area (Å²) in [5, 5.41) is 9.06. The fourth-order valence-electron chi connectivity index (χ4n) is 8.58. The zero-order valence-corrected chi connectivity index (χ0v) is 38.9. The second kappa shape index (κ2) is 25.5. The van der Waals surface area contributed by atoms with Crippen LogP contribution in [0, 0.1) is 23.7 Å². The van der Waals surface area contributed by atoms with Crippen LogP contribution < -0.4 is 16.4 Å². The van der Waals surface area contributed by atoms with Gasteiger partial charge in [0.25, 0.3) is 0 Å². The SMILES string of the molecule is CCC(C)C(C(CC(=O)N1CCCC1C(OC)C(C)C(=O)NC(Cc1ccccc1)c1nccs1)OC)N(C)C(=O)C(NC(=O)C(C(C)C)N(C)CCOCCN)C(C)C. The number of benzene rings is 1. The summed E-state index contributed by atoms with van der Waals surface area (Å²) in [7, 11) is 6.80. The van der Waals surface area contributed by atoms with Gasteiger partial charge in [-0.05, 0) is 49.6 Å². The number of likely N-dealkylation sites (tertiary alicyclic amines) is 1. The molecule has 1 aliphatic heterocycles. The van der Waals surface area contributed by atoms with Gasteiger partial charge < -0.3 is 40.4 Å². The summed E-state index contributed by atoms with van der Waals surface area (Å²) in [5.41, 5.74) is 6.65. The molecule has 0 radical (unpaired) electrons. The van der Waals surface area contributed by atoms with Crippen LogP contribution in [0.15, 0.2) is 41.9 Å². The molecule has 4 amide bonds. The number of amides is 4. The molecule has 0 spiro atoms. The average molecular weight is 858 g/mol. The summed E-state index contributed by atoms with van der Waals surface area (Å²) in [5.74, 6) is -1.58. The Kier molecular flexibility index (Phi) is 21.6. The van der Waals surface area contributed by atoms with Gasteiger partial charge in [0.1, 0.15) is 11.0 Å². The van der Waals surface area contributed by atoms with Crippen molar-refractivity contribution in [2.75, 3.05) is 61.2 Å². The maximum atomic E-state index is 14.5. The maximum Gasteiger partial charge on any atom is 0.245 e. The number of carbonyl (C=O) groups is 4. The van der Waals surface area contributed by atoms with Crippen LogP contribution in [0.5, 0.6) is 0 Å². The minimum Gasteiger partial charge on any atom is -0.379 e. The average Bonchev–Trinajstić information content (AvgIpc) is 3.95. The highest BCUT2D eigenvalue weighted by molar-refractivity contribution is 7.09. The molecule has 2 heterocycles. The Hall–Kier alpha value is -3.47. The predicted molar refractivity (Wildman–Crippen MR) is 237 cm³/mol. The van der Waals surface area contributed by atoms with Crippen molar-refractivity contribution in [2.45, 2.75) is 123 Å². The van der Waals surface area contributed by atoms with Crippen molar-refractivity contribution in [3.63, 3.8) is 0 Å². The lowest BCUT2D eigenvalue weighted by atomic mass is 9.89. The van der Waals surface area contributed by atoms with E-state index in [1.54, 1.807) is 32.4 Å². The molecule has 1 fully saturated rings. The minimum atomic E-state index is -0.800. The lowest BCUT2D eigenvalue weighted by Gasteiger charge is -2.41. The van der Waals surface area contributed by atoms with E-state index in [9.17, 15) is 19.2 Å². The van der Waals surface area contributed by atoms with Gasteiger partial charge in [0.05, 0.1) is 61.9 Å². The van der Waals surface area contributed by atoms with Gasteiger partial charge >= 0.3 is 0 Å². The number of aromatic nitrogens is 1. The fraction of sp³-hybridized carbons (Fsp3) is 0.711. The van der Waals surface area contributed by atoms with Gasteiger partial charge in [-0.2, -0.15) is 0 Å². The first-order valence-corrected chi connectivity index (χ1v) is 22.6. The Morgan fingerprint density at radius 2 is 1.67 bits per heavy atom. The Morgan fingerprint density at radius 3 is 2.23 bits per heavy atom. The highest BCUT2D eigenvalue weighted by Gasteiger charge is 2.43. The van der Waals surface area contributed by atoms with Crippen LogP contribution in [-0.2, 0) is 39.8 Å². The molecule has 0 saturated carbocycles. The number of nitrogens with two attached hydrogens (primary N) is 1. The highest BCUT2D eigenvalue weighted by atomic mass is 32.1. The minimum absolute atomic E-state index is 0.0218. The second-order valence-corrected chi connectivity index (χ2v) is 17.9. The van der Waals surface area contributed by atoms with E-state index in [2.05, 4.69) is 29.5 Å². The molecule has 4 N–H and O–H groups in total. The molecule has 338 valence electrons. The van der Waals surface area contributed by atoms with Crippen molar-refractivity contribution < 1.29 is 33.4 Å². The highest BCUT2D eigenvalue weighted by Crippen LogP contribution is 2.30. The molecule has 1 aromatic heterocycles. The number of methoxy groups -OCH3 is 2. The summed E-state index contributed by atoms with van der Waals surface area (Å²) in [6.45, 7) is 16.2. The number of carbonyl (C=O) groups excluding carboxylic acids is 4. The van der Waals surface area contributed by atoms with Crippen molar-refractivity contribution in [1.82, 2.24) is 30.3 Å². The first-order chi connectivity index (χ1) is 28.6. The second-order valence-electron chi connectivity index (χ2n) is 17.0. The van der Waals surface area contributed by atoms with E-state index < -0.39 is 36.3 Å². The van der Waals surface area contributed by atoms with Crippen LogP contribution in [-0.4, -0.2) is 141 Å². The standard InChI is InChI=1S/C45H75N7O7S/c1-12-31(6)40(51(9)45(56)38(29(2)3)49-43(55)39(30(4)5)50(8)23-25-59-24-20-46)36(57-10)28-37(53)52-22-16-19-35(52)41(58-11)32(7)42(54)48-34(44-47-21-26-60-44)27-33-17-14-13-15-18-33/h13-15,17-18,21,26,29-32,34-36,38-41H,12,16,19-20,22-25,27-28,46H2,1-11H3,(H,48,54)(H,49,55). The number of likely N-dealkylation sites (N-methyl/N-ethyl adjacent to an activating group) is 2. The number of nitrogens with zero attached hydrogens (tertiary/aromatic N) is 4. The smallest absolute Gasteiger partial charge is 0.245 e. The van der Waals surface area contributed by atoms with Crippen molar-refractivity contribution in [3.05, 3.63) is 52.5 Å². The Balaban J connectivity index is 1.77. The fourth-order valence-corrected chi connectivity index (χ4v) is 9.27. The monoisotopic (exact) mass is 858 g/mol. The van der Waals surface area contributed by atoms with Gasteiger partial charge in [0, 0.05) is 52.5 Å². The molecule has 9 unspecified atom stereocenters. The van der Waals surface area contributed by atoms with Crippen LogP contribution in [0.2, 0.25) is 0 Å². The number of hydrogen-bond acceptors (Lipinski definition) is 11. The molecule has 60 heavy (non-hydrogen) atoms. The van der Waals surface area contributed by atoms with E-state index in [4.69, 9.17) is 19.9 Å². The van der Waals surface area contributed by atoms with E-state index >= 15 is 0 Å². The number of rotatable bonds is 26. The number of ether oxygens (including phenoxy) is 3. The van der Waals surface area contributed by atoms with Crippen LogP contribution in [0.1, 0.15) is 90.8 Å². The van der Waals surface area contributed by atoms with Gasteiger partial charge in [-0.15, -0.1) is 11.3 Å². The molecule has 1 aliphatic rings. The first-order valence-electron chi connectivity index (χ1n) is 21.7. The third-order valence-corrected chi connectivity index (χ3v) is 13.0. The zero-order chi connectivity index (χ0) is 44.5. The van der Waals surface area contributed by atoms with Crippen LogP contribution in [0.4, 0.5) is 0 Å². The number of hydrogen-bond donors (Lipinski definition) is 3. The lowest BCUT2D eigenvalue weighted by molar-refractivity contribution is -0.148. The Labute approximate surface area is 363 Å². The molecule has 15 heteroatoms. The summed E-state index contributed by atoms with van der Waals surface area (Å²) < 4.78 is 17.7. The molecule has 9 atom stereocenters. The van der Waals surface area contributed by atoms with E-state index in [1.807, 2.05) is 87.2 Å². The van der Waals surface area contributed by atoms with Gasteiger partial charge in [-0.25, -0.2) is 4.98 Å². The Morgan fingerprint density at radius 1 is 0.967 bits per heavy atom. The normalized spacial score (nSPS) is 18.4. The molecular formula is C45H75N7O7S. The Bertz CT molecular complexity index is 1580. The largest absolute Gasteiger partial charge is 0.379 e. The quantitative estimate of drug-likeness (QED) is 0.114. The molecule has 1 aromatic carbocycles. The summed E-state index contributed by atoms with van der Waals surface area (Å²) in [6.07, 6.45) is 3.38. The van der Waals surface area contributed by atoms with Crippen molar-refractivity contribution in [2.24, 2.45) is 29.4 Å². The molecular weight excluding hydrogens is 783 g/mol. The summed E-state index contributed by atoms with van der Waals surface area (Å²) in [4.78, 5) is 66.7. The molecule has 2 aromatic rings. The topological polar surface area (TPSA) is 169 Å². The molecule has 14 nitrogen and oxygen atoms in total. The number of thiazole rings is 1. The predicted octanol–water partition coefficient (Wildman–Crippen LogP) is 4.54. The van der Waals surface area contributed by atoms with Gasteiger partial charge in [-0.3, -0.25) is 24.1 Å². The third kappa shape index (κ3) is 14.0. The molecule has 0 aliphatic carbocycles. The van der Waals surface area contributed by atoms with Gasteiger partial charge in [-0.1, -0.05) is 85.2 Å². The molecule has 0 bridgehead atoms.